The van der Waals surface area contributed by atoms with E-state index in [0.717, 1.165) is 10.0 Å². The molecule has 3 nitrogen and oxygen atoms in total. The molecule has 1 rings (SSSR count). The Labute approximate surface area is 110 Å². The lowest BCUT2D eigenvalue weighted by Crippen LogP contribution is -2.39. The van der Waals surface area contributed by atoms with Crippen molar-refractivity contribution in [1.82, 2.24) is 5.32 Å². The predicted molar refractivity (Wildman–Crippen MR) is 71.5 cm³/mol. The number of hydrogen-bond acceptors (Lipinski definition) is 2. The standard InChI is InChI=1S/C11H15BrN2O.ClH/c1-2-10(13)11(15)14-7-8-5-3-4-6-9(8)12;/h3-6,10H,2,7,13H2,1H3,(H,14,15);1H/t10-;/m0./s1. The largest absolute Gasteiger partial charge is 0.351 e. The zero-order chi connectivity index (χ0) is 11.3. The fraction of sp³-hybridized carbons (Fsp3) is 0.364. The second kappa shape index (κ2) is 7.65. The maximum absolute atomic E-state index is 11.4. The minimum atomic E-state index is -0.410. The Kier molecular flexibility index (Phi) is 7.38. The lowest BCUT2D eigenvalue weighted by atomic mass is 10.2. The zero-order valence-corrected chi connectivity index (χ0v) is 11.5. The Balaban J connectivity index is 0.00000225. The van der Waals surface area contributed by atoms with Crippen LogP contribution in [0.15, 0.2) is 28.7 Å². The summed E-state index contributed by atoms with van der Waals surface area (Å²) in [5.74, 6) is -0.103. The van der Waals surface area contributed by atoms with Crippen LogP contribution in [0.25, 0.3) is 0 Å². The molecule has 0 saturated carbocycles. The molecule has 1 atom stereocenters. The summed E-state index contributed by atoms with van der Waals surface area (Å²) in [5, 5.41) is 2.80. The quantitative estimate of drug-likeness (QED) is 0.896. The third-order valence-corrected chi connectivity index (χ3v) is 2.96. The number of rotatable bonds is 4. The van der Waals surface area contributed by atoms with Gasteiger partial charge < -0.3 is 11.1 Å². The van der Waals surface area contributed by atoms with E-state index in [1.54, 1.807) is 0 Å². The molecule has 0 aliphatic rings. The molecule has 16 heavy (non-hydrogen) atoms. The summed E-state index contributed by atoms with van der Waals surface area (Å²) in [4.78, 5) is 11.4. The molecule has 0 aliphatic heterocycles. The van der Waals surface area contributed by atoms with Gasteiger partial charge in [-0.15, -0.1) is 12.4 Å². The van der Waals surface area contributed by atoms with E-state index in [1.807, 2.05) is 31.2 Å². The third-order valence-electron chi connectivity index (χ3n) is 2.19. The van der Waals surface area contributed by atoms with E-state index in [4.69, 9.17) is 5.73 Å². The Morgan fingerprint density at radius 2 is 2.12 bits per heavy atom. The number of amides is 1. The summed E-state index contributed by atoms with van der Waals surface area (Å²) in [6, 6.07) is 7.37. The van der Waals surface area contributed by atoms with Crippen LogP contribution in [0.2, 0.25) is 0 Å². The molecule has 0 radical (unpaired) electrons. The van der Waals surface area contributed by atoms with Gasteiger partial charge >= 0.3 is 0 Å². The van der Waals surface area contributed by atoms with Gasteiger partial charge in [0.05, 0.1) is 6.04 Å². The first-order valence-electron chi connectivity index (χ1n) is 4.91. The van der Waals surface area contributed by atoms with Gasteiger partial charge in [-0.25, -0.2) is 0 Å². The first-order valence-corrected chi connectivity index (χ1v) is 5.71. The normalized spacial score (nSPS) is 11.4. The maximum Gasteiger partial charge on any atom is 0.237 e. The van der Waals surface area contributed by atoms with E-state index in [-0.39, 0.29) is 18.3 Å². The molecule has 0 heterocycles. The Morgan fingerprint density at radius 1 is 1.50 bits per heavy atom. The summed E-state index contributed by atoms with van der Waals surface area (Å²) in [7, 11) is 0. The topological polar surface area (TPSA) is 55.1 Å². The van der Waals surface area contributed by atoms with Gasteiger partial charge in [-0.3, -0.25) is 4.79 Å². The summed E-state index contributed by atoms with van der Waals surface area (Å²) in [6.07, 6.45) is 0.655. The molecule has 90 valence electrons. The Bertz CT molecular complexity index is 347. The van der Waals surface area contributed by atoms with Crippen LogP contribution in [-0.2, 0) is 11.3 Å². The highest BCUT2D eigenvalue weighted by atomic mass is 79.9. The fourth-order valence-corrected chi connectivity index (χ4v) is 1.57. The number of benzene rings is 1. The Morgan fingerprint density at radius 3 is 2.69 bits per heavy atom. The number of carbonyl (C=O) groups is 1. The summed E-state index contributed by atoms with van der Waals surface area (Å²) in [6.45, 7) is 2.40. The van der Waals surface area contributed by atoms with Crippen molar-refractivity contribution in [2.45, 2.75) is 25.9 Å². The van der Waals surface area contributed by atoms with Crippen molar-refractivity contribution in [2.75, 3.05) is 0 Å². The highest BCUT2D eigenvalue weighted by Crippen LogP contribution is 2.15. The maximum atomic E-state index is 11.4. The van der Waals surface area contributed by atoms with Gasteiger partial charge in [0.2, 0.25) is 5.91 Å². The predicted octanol–water partition coefficient (Wildman–Crippen LogP) is 2.22. The van der Waals surface area contributed by atoms with Crippen LogP contribution in [0.4, 0.5) is 0 Å². The van der Waals surface area contributed by atoms with Gasteiger partial charge in [-0.1, -0.05) is 41.1 Å². The van der Waals surface area contributed by atoms with Gasteiger partial charge in [-0.2, -0.15) is 0 Å². The molecule has 3 N–H and O–H groups in total. The second-order valence-corrected chi connectivity index (χ2v) is 4.18. The van der Waals surface area contributed by atoms with Crippen molar-refractivity contribution in [3.63, 3.8) is 0 Å². The van der Waals surface area contributed by atoms with Crippen LogP contribution in [0.5, 0.6) is 0 Å². The molecule has 0 fully saturated rings. The summed E-state index contributed by atoms with van der Waals surface area (Å²) < 4.78 is 0.996. The molecule has 5 heteroatoms. The van der Waals surface area contributed by atoms with E-state index < -0.39 is 6.04 Å². The van der Waals surface area contributed by atoms with Gasteiger partial charge in [-0.05, 0) is 18.1 Å². The molecule has 1 aromatic rings. The average Bonchev–Trinajstić information content (AvgIpc) is 2.26. The smallest absolute Gasteiger partial charge is 0.237 e. The van der Waals surface area contributed by atoms with Gasteiger partial charge in [0.1, 0.15) is 0 Å². The monoisotopic (exact) mass is 306 g/mol. The zero-order valence-electron chi connectivity index (χ0n) is 9.07. The second-order valence-electron chi connectivity index (χ2n) is 3.32. The van der Waals surface area contributed by atoms with Gasteiger partial charge in [0.25, 0.3) is 0 Å². The van der Waals surface area contributed by atoms with E-state index in [9.17, 15) is 4.79 Å². The van der Waals surface area contributed by atoms with E-state index in [2.05, 4.69) is 21.2 Å². The number of hydrogen-bond donors (Lipinski definition) is 2. The first kappa shape index (κ1) is 15.4. The van der Waals surface area contributed by atoms with Crippen molar-refractivity contribution in [3.8, 4) is 0 Å². The molecule has 0 bridgehead atoms. The lowest BCUT2D eigenvalue weighted by Gasteiger charge is -2.10. The van der Waals surface area contributed by atoms with Crippen LogP contribution in [-0.4, -0.2) is 11.9 Å². The van der Waals surface area contributed by atoms with Crippen molar-refractivity contribution in [3.05, 3.63) is 34.3 Å². The van der Waals surface area contributed by atoms with Crippen LogP contribution in [0.1, 0.15) is 18.9 Å². The number of carbonyl (C=O) groups excluding carboxylic acids is 1. The molecule has 0 unspecified atom stereocenters. The molecule has 0 aliphatic carbocycles. The average molecular weight is 308 g/mol. The Hall–Kier alpha value is -0.580. The van der Waals surface area contributed by atoms with Crippen LogP contribution in [0.3, 0.4) is 0 Å². The van der Waals surface area contributed by atoms with Crippen LogP contribution in [0, 0.1) is 0 Å². The summed E-state index contributed by atoms with van der Waals surface area (Å²) in [5.41, 5.74) is 6.65. The molecule has 1 aromatic carbocycles. The number of nitrogens with one attached hydrogen (secondary N) is 1. The lowest BCUT2D eigenvalue weighted by molar-refractivity contribution is -0.122. The van der Waals surface area contributed by atoms with Crippen molar-refractivity contribution in [1.29, 1.82) is 0 Å². The third kappa shape index (κ3) is 4.51. The highest BCUT2D eigenvalue weighted by Gasteiger charge is 2.10. The van der Waals surface area contributed by atoms with E-state index in [1.165, 1.54) is 0 Å². The fourth-order valence-electron chi connectivity index (χ4n) is 1.14. The van der Waals surface area contributed by atoms with E-state index >= 15 is 0 Å². The molecule has 0 spiro atoms. The first-order chi connectivity index (χ1) is 7.15. The number of nitrogens with two attached hydrogens (primary N) is 1. The van der Waals surface area contributed by atoms with E-state index in [0.29, 0.717) is 13.0 Å². The van der Waals surface area contributed by atoms with Crippen LogP contribution >= 0.6 is 28.3 Å². The number of halogens is 2. The molecule has 1 amide bonds. The minimum absolute atomic E-state index is 0. The SMILES string of the molecule is CC[C@H](N)C(=O)NCc1ccccc1Br.Cl. The van der Waals surface area contributed by atoms with Crippen molar-refractivity contribution >= 4 is 34.2 Å². The highest BCUT2D eigenvalue weighted by molar-refractivity contribution is 9.10. The van der Waals surface area contributed by atoms with Crippen molar-refractivity contribution in [2.24, 2.45) is 5.73 Å². The summed E-state index contributed by atoms with van der Waals surface area (Å²) >= 11 is 3.42. The molecule has 0 aromatic heterocycles. The van der Waals surface area contributed by atoms with Crippen LogP contribution < -0.4 is 11.1 Å². The van der Waals surface area contributed by atoms with Gasteiger partial charge in [0.15, 0.2) is 0 Å². The molecular formula is C11H16BrClN2O. The molecule has 0 saturated heterocycles. The molecular weight excluding hydrogens is 291 g/mol. The van der Waals surface area contributed by atoms with Crippen molar-refractivity contribution < 1.29 is 4.79 Å². The van der Waals surface area contributed by atoms with Gasteiger partial charge in [0, 0.05) is 11.0 Å². The minimum Gasteiger partial charge on any atom is -0.351 e.